The molecule has 0 saturated carbocycles. The topological polar surface area (TPSA) is 104 Å². The van der Waals surface area contributed by atoms with Gasteiger partial charge in [0.25, 0.3) is 0 Å². The van der Waals surface area contributed by atoms with Crippen LogP contribution in [0.15, 0.2) is 11.9 Å². The maximum atomic E-state index is 9.32. The Labute approximate surface area is 117 Å². The highest BCUT2D eigenvalue weighted by Gasteiger charge is 2.22. The van der Waals surface area contributed by atoms with E-state index >= 15 is 0 Å². The highest BCUT2D eigenvalue weighted by Crippen LogP contribution is 2.32. The summed E-state index contributed by atoms with van der Waals surface area (Å²) in [4.78, 5) is 11.7. The van der Waals surface area contributed by atoms with Crippen LogP contribution in [0.1, 0.15) is 5.56 Å². The van der Waals surface area contributed by atoms with Gasteiger partial charge in [0.2, 0.25) is 0 Å². The molecule has 1 rings (SSSR count). The zero-order valence-corrected chi connectivity index (χ0v) is 11.7. The van der Waals surface area contributed by atoms with Gasteiger partial charge in [0, 0.05) is 28.2 Å². The standard InChI is InChI=1S/C13H13N7/c1-19(2)12-11(10(7-16)9(5-14)6-15)13(20(3)4)18-8-17-12/h8H,1-4H3. The van der Waals surface area contributed by atoms with Gasteiger partial charge in [0.05, 0.1) is 11.1 Å². The molecule has 0 N–H and O–H groups in total. The minimum absolute atomic E-state index is 0.0250. The Kier molecular flexibility index (Phi) is 4.61. The molecule has 0 unspecified atom stereocenters. The normalized spacial score (nSPS) is 8.85. The second kappa shape index (κ2) is 6.17. The number of nitrogens with zero attached hydrogens (tertiary/aromatic N) is 7. The molecule has 0 aliphatic carbocycles. The Morgan fingerprint density at radius 3 is 1.65 bits per heavy atom. The van der Waals surface area contributed by atoms with Gasteiger partial charge in [-0.2, -0.15) is 15.8 Å². The summed E-state index contributed by atoms with van der Waals surface area (Å²) in [5, 5.41) is 27.3. The number of hydrogen-bond donors (Lipinski definition) is 0. The fourth-order valence-electron chi connectivity index (χ4n) is 1.64. The molecule has 1 aromatic rings. The summed E-state index contributed by atoms with van der Waals surface area (Å²) in [5.74, 6) is 0.950. The Morgan fingerprint density at radius 2 is 1.35 bits per heavy atom. The molecule has 0 saturated heterocycles. The first-order chi connectivity index (χ1) is 9.47. The minimum atomic E-state index is -0.256. The quantitative estimate of drug-likeness (QED) is 0.750. The van der Waals surface area contributed by atoms with E-state index in [-0.39, 0.29) is 11.1 Å². The third kappa shape index (κ3) is 2.66. The molecule has 0 aliphatic rings. The van der Waals surface area contributed by atoms with Gasteiger partial charge in [0.1, 0.15) is 41.7 Å². The predicted octanol–water partition coefficient (Wildman–Crippen LogP) is 0.933. The lowest BCUT2D eigenvalue weighted by atomic mass is 10.0. The van der Waals surface area contributed by atoms with E-state index in [1.54, 1.807) is 50.1 Å². The monoisotopic (exact) mass is 267 g/mol. The summed E-state index contributed by atoms with van der Waals surface area (Å²) in [7, 11) is 7.05. The summed E-state index contributed by atoms with van der Waals surface area (Å²) in [6.07, 6.45) is 1.38. The average Bonchev–Trinajstić information content (AvgIpc) is 2.43. The summed E-state index contributed by atoms with van der Waals surface area (Å²) in [6, 6.07) is 5.39. The lowest BCUT2D eigenvalue weighted by molar-refractivity contribution is 0.989. The summed E-state index contributed by atoms with van der Waals surface area (Å²) in [5.41, 5.74) is 0.0969. The van der Waals surface area contributed by atoms with Crippen LogP contribution in [0.25, 0.3) is 5.57 Å². The molecule has 1 aromatic heterocycles. The van der Waals surface area contributed by atoms with Gasteiger partial charge in [0.15, 0.2) is 0 Å². The van der Waals surface area contributed by atoms with Gasteiger partial charge in [-0.1, -0.05) is 0 Å². The van der Waals surface area contributed by atoms with Crippen molar-refractivity contribution in [2.45, 2.75) is 0 Å². The Morgan fingerprint density at radius 1 is 0.900 bits per heavy atom. The summed E-state index contributed by atoms with van der Waals surface area (Å²) in [6.45, 7) is 0. The van der Waals surface area contributed by atoms with Crippen LogP contribution in [0, 0.1) is 34.0 Å². The molecular weight excluding hydrogens is 254 g/mol. The fourth-order valence-corrected chi connectivity index (χ4v) is 1.64. The molecular formula is C13H13N7. The average molecular weight is 267 g/mol. The van der Waals surface area contributed by atoms with Crippen LogP contribution >= 0.6 is 0 Å². The van der Waals surface area contributed by atoms with Gasteiger partial charge < -0.3 is 9.80 Å². The molecule has 0 radical (unpaired) electrons. The second-order valence-electron chi connectivity index (χ2n) is 4.27. The summed E-state index contributed by atoms with van der Waals surface area (Å²) < 4.78 is 0. The van der Waals surface area contributed by atoms with E-state index < -0.39 is 0 Å². The predicted molar refractivity (Wildman–Crippen MR) is 74.4 cm³/mol. The molecule has 0 spiro atoms. The second-order valence-corrected chi connectivity index (χ2v) is 4.27. The van der Waals surface area contributed by atoms with Gasteiger partial charge in [-0.25, -0.2) is 9.97 Å². The van der Waals surface area contributed by atoms with E-state index in [0.29, 0.717) is 17.2 Å². The van der Waals surface area contributed by atoms with Crippen molar-refractivity contribution in [3.63, 3.8) is 0 Å². The molecule has 0 fully saturated rings. The largest absolute Gasteiger partial charge is 0.362 e. The van der Waals surface area contributed by atoms with Gasteiger partial charge >= 0.3 is 0 Å². The molecule has 100 valence electrons. The first-order valence-corrected chi connectivity index (χ1v) is 5.62. The summed E-state index contributed by atoms with van der Waals surface area (Å²) >= 11 is 0. The van der Waals surface area contributed by atoms with Crippen molar-refractivity contribution >= 4 is 17.2 Å². The van der Waals surface area contributed by atoms with Crippen molar-refractivity contribution in [1.29, 1.82) is 15.8 Å². The SMILES string of the molecule is CN(C)c1ncnc(N(C)C)c1C(C#N)=C(C#N)C#N. The highest BCUT2D eigenvalue weighted by molar-refractivity contribution is 5.93. The van der Waals surface area contributed by atoms with E-state index in [2.05, 4.69) is 9.97 Å². The fraction of sp³-hybridized carbons (Fsp3) is 0.308. The van der Waals surface area contributed by atoms with E-state index in [0.717, 1.165) is 0 Å². The minimum Gasteiger partial charge on any atom is -0.362 e. The third-order valence-electron chi connectivity index (χ3n) is 2.49. The molecule has 0 amide bonds. The molecule has 0 atom stereocenters. The first-order valence-electron chi connectivity index (χ1n) is 5.62. The zero-order valence-electron chi connectivity index (χ0n) is 11.7. The number of anilines is 2. The van der Waals surface area contributed by atoms with Gasteiger partial charge in [-0.05, 0) is 0 Å². The van der Waals surface area contributed by atoms with Crippen LogP contribution in [0.4, 0.5) is 11.6 Å². The Balaban J connectivity index is 3.83. The van der Waals surface area contributed by atoms with E-state index in [1.165, 1.54) is 6.33 Å². The van der Waals surface area contributed by atoms with Crippen LogP contribution in [0.3, 0.4) is 0 Å². The lowest BCUT2D eigenvalue weighted by Gasteiger charge is -2.21. The van der Waals surface area contributed by atoms with Crippen LogP contribution in [-0.2, 0) is 0 Å². The Bertz CT molecular complexity index is 623. The van der Waals surface area contributed by atoms with Crippen LogP contribution in [0.2, 0.25) is 0 Å². The Hall–Kier alpha value is -3.11. The number of rotatable bonds is 3. The molecule has 1 heterocycles. The third-order valence-corrected chi connectivity index (χ3v) is 2.49. The van der Waals surface area contributed by atoms with E-state index in [4.69, 9.17) is 10.5 Å². The number of allylic oxidation sites excluding steroid dienone is 2. The van der Waals surface area contributed by atoms with Crippen molar-refractivity contribution in [2.24, 2.45) is 0 Å². The molecule has 0 aliphatic heterocycles. The van der Waals surface area contributed by atoms with Crippen molar-refractivity contribution in [1.82, 2.24) is 9.97 Å². The molecule has 7 nitrogen and oxygen atoms in total. The van der Waals surface area contributed by atoms with Crippen molar-refractivity contribution < 1.29 is 0 Å². The van der Waals surface area contributed by atoms with Crippen LogP contribution in [0.5, 0.6) is 0 Å². The lowest BCUT2D eigenvalue weighted by Crippen LogP contribution is -2.19. The zero-order chi connectivity index (χ0) is 15.3. The molecule has 20 heavy (non-hydrogen) atoms. The van der Waals surface area contributed by atoms with Crippen LogP contribution < -0.4 is 9.80 Å². The number of nitriles is 3. The molecule has 0 bridgehead atoms. The maximum Gasteiger partial charge on any atom is 0.148 e. The van der Waals surface area contributed by atoms with Crippen molar-refractivity contribution in [3.8, 4) is 18.2 Å². The highest BCUT2D eigenvalue weighted by atomic mass is 15.2. The van der Waals surface area contributed by atoms with Crippen molar-refractivity contribution in [3.05, 3.63) is 17.5 Å². The van der Waals surface area contributed by atoms with Crippen molar-refractivity contribution in [2.75, 3.05) is 38.0 Å². The van der Waals surface area contributed by atoms with Crippen LogP contribution in [-0.4, -0.2) is 38.2 Å². The maximum absolute atomic E-state index is 9.32. The van der Waals surface area contributed by atoms with E-state index in [9.17, 15) is 5.26 Å². The number of aromatic nitrogens is 2. The van der Waals surface area contributed by atoms with E-state index in [1.807, 2.05) is 6.07 Å². The number of hydrogen-bond acceptors (Lipinski definition) is 7. The molecule has 0 aromatic carbocycles. The van der Waals surface area contributed by atoms with Gasteiger partial charge in [-0.15, -0.1) is 0 Å². The smallest absolute Gasteiger partial charge is 0.148 e. The molecule has 7 heteroatoms. The van der Waals surface area contributed by atoms with Gasteiger partial charge in [-0.3, -0.25) is 0 Å². The first kappa shape index (κ1) is 14.9.